The van der Waals surface area contributed by atoms with Gasteiger partial charge in [-0.2, -0.15) is 8.98 Å². The van der Waals surface area contributed by atoms with Gasteiger partial charge in [-0.05, 0) is 6.08 Å². The first-order chi connectivity index (χ1) is 7.43. The molecule has 1 saturated heterocycles. The Hall–Kier alpha value is -1.54. The summed E-state index contributed by atoms with van der Waals surface area (Å²) in [7, 11) is 0. The van der Waals surface area contributed by atoms with E-state index in [1.807, 2.05) is 0 Å². The molecule has 8 heteroatoms. The van der Waals surface area contributed by atoms with Crippen LogP contribution >= 0.6 is 0 Å². The van der Waals surface area contributed by atoms with E-state index in [9.17, 15) is 19.5 Å². The van der Waals surface area contributed by atoms with Crippen LogP contribution in [0.1, 0.15) is 6.42 Å². The average Bonchev–Trinajstić information content (AvgIpc) is 2.68. The predicted molar refractivity (Wildman–Crippen MR) is 52.6 cm³/mol. The van der Waals surface area contributed by atoms with Gasteiger partial charge in [0.2, 0.25) is 0 Å². The number of hydrogen-bond acceptors (Lipinski definition) is 5. The summed E-state index contributed by atoms with van der Waals surface area (Å²) in [4.78, 5) is 29.1. The first-order valence-corrected chi connectivity index (χ1v) is 5.44. The Morgan fingerprint density at radius 2 is 1.88 bits per heavy atom. The summed E-state index contributed by atoms with van der Waals surface area (Å²) < 4.78 is 4.84. The van der Waals surface area contributed by atoms with Crippen LogP contribution in [0.3, 0.4) is 0 Å². The van der Waals surface area contributed by atoms with Crippen molar-refractivity contribution in [1.29, 1.82) is 0 Å². The molecule has 1 aliphatic heterocycles. The lowest BCUT2D eigenvalue weighted by Crippen LogP contribution is -2.19. The van der Waals surface area contributed by atoms with Gasteiger partial charge in [0, 0.05) is 12.5 Å². The van der Waals surface area contributed by atoms with Crippen molar-refractivity contribution in [2.75, 3.05) is 12.4 Å². The molecule has 7 nitrogen and oxygen atoms in total. The molecule has 1 heterocycles. The number of carbonyl (C=O) groups excluding carboxylic acids is 1. The predicted octanol–water partition coefficient (Wildman–Crippen LogP) is -1.00. The minimum absolute atomic E-state index is 0.447. The summed E-state index contributed by atoms with van der Waals surface area (Å²) in [5.41, 5.74) is 0. The van der Waals surface area contributed by atoms with E-state index in [0.717, 1.165) is 6.42 Å². The van der Waals surface area contributed by atoms with Crippen LogP contribution in [0.4, 0.5) is 4.79 Å². The fraction of sp³-hybridized carbons (Fsp3) is 0.375. The monoisotopic (exact) mass is 250 g/mol. The Labute approximate surface area is 93.9 Å². The first kappa shape index (κ1) is 14.5. The van der Waals surface area contributed by atoms with Gasteiger partial charge in [-0.3, -0.25) is 0 Å². The molecule has 1 atom stereocenters. The molecule has 0 aromatic heterocycles. The van der Waals surface area contributed by atoms with Gasteiger partial charge in [-0.15, -0.1) is 0 Å². The second-order valence-electron chi connectivity index (χ2n) is 2.48. The summed E-state index contributed by atoms with van der Waals surface area (Å²) in [6, 6.07) is 0. The van der Waals surface area contributed by atoms with E-state index < -0.39 is 28.4 Å². The van der Waals surface area contributed by atoms with Crippen molar-refractivity contribution in [3.63, 3.8) is 0 Å². The third-order valence-corrected chi connectivity index (χ3v) is 2.76. The molecule has 0 aliphatic carbocycles. The molecule has 1 fully saturated rings. The van der Waals surface area contributed by atoms with Crippen molar-refractivity contribution in [3.8, 4) is 0 Å². The summed E-state index contributed by atoms with van der Waals surface area (Å²) >= 11 is -0.762. The highest BCUT2D eigenvalue weighted by Crippen LogP contribution is 2.10. The summed E-state index contributed by atoms with van der Waals surface area (Å²) in [5, 5.41) is 24.7. The summed E-state index contributed by atoms with van der Waals surface area (Å²) in [6.07, 6.45) is 1.84. The van der Waals surface area contributed by atoms with Crippen LogP contribution < -0.4 is 5.11 Å². The molecule has 16 heavy (non-hydrogen) atoms. The quantitative estimate of drug-likeness (QED) is 0.475. The standard InChI is InChI=1S/C4H4O4.C4H6O3S/c5-3(6)1-2-4(7)8;5-4(6)8-3-1-2-7-8/h1-2H,(H,5,6)(H,7,8);1-3H2/b2-1-;. The van der Waals surface area contributed by atoms with Gasteiger partial charge < -0.3 is 20.1 Å². The van der Waals surface area contributed by atoms with Gasteiger partial charge in [-0.1, -0.05) is 0 Å². The van der Waals surface area contributed by atoms with E-state index in [4.69, 9.17) is 14.4 Å². The molecule has 0 amide bonds. The second-order valence-corrected chi connectivity index (χ2v) is 4.17. The lowest BCUT2D eigenvalue weighted by Gasteiger charge is -1.85. The highest BCUT2D eigenvalue weighted by molar-refractivity contribution is 8.06. The number of hydrogen-bond donors (Lipinski definition) is 2. The van der Waals surface area contributed by atoms with Crippen LogP contribution in [-0.4, -0.2) is 39.8 Å². The smallest absolute Gasteiger partial charge is 0.545 e. The minimum atomic E-state index is -1.51. The number of carboxylic acids is 2. The number of carbonyl (C=O) groups is 3. The molecule has 2 N–H and O–H groups in total. The lowest BCUT2D eigenvalue weighted by atomic mass is 10.5. The average molecular weight is 250 g/mol. The van der Waals surface area contributed by atoms with Crippen LogP contribution in [0.25, 0.3) is 0 Å². The third-order valence-electron chi connectivity index (χ3n) is 1.26. The lowest BCUT2D eigenvalue weighted by molar-refractivity contribution is -0.297. The number of rotatable bonds is 2. The van der Waals surface area contributed by atoms with Gasteiger partial charge in [0.05, 0.1) is 5.97 Å². The fourth-order valence-electron chi connectivity index (χ4n) is 0.686. The molecule has 0 bridgehead atoms. The van der Waals surface area contributed by atoms with Gasteiger partial charge in [0.1, 0.15) is 6.61 Å². The maximum Gasteiger partial charge on any atom is 0.558 e. The van der Waals surface area contributed by atoms with E-state index in [-0.39, 0.29) is 0 Å². The first-order valence-electron chi connectivity index (χ1n) is 4.12. The maximum absolute atomic E-state index is 10.1. The Kier molecular flexibility index (Phi) is 6.97. The van der Waals surface area contributed by atoms with Crippen LogP contribution in [0.5, 0.6) is 0 Å². The maximum atomic E-state index is 10.1. The van der Waals surface area contributed by atoms with E-state index in [0.29, 0.717) is 24.5 Å². The Morgan fingerprint density at radius 3 is 2.06 bits per heavy atom. The normalized spacial score (nSPS) is 18.9. The third kappa shape index (κ3) is 7.83. The van der Waals surface area contributed by atoms with E-state index in [1.165, 1.54) is 0 Å². The second kappa shape index (κ2) is 7.71. The molecule has 90 valence electrons. The fourth-order valence-corrected chi connectivity index (χ4v) is 1.78. The van der Waals surface area contributed by atoms with Gasteiger partial charge >= 0.3 is 11.3 Å². The SMILES string of the molecule is O=C(O)[S+]1CCCO1.O=C([O-])/C=C\C(=O)O. The zero-order valence-corrected chi connectivity index (χ0v) is 8.94. The molecule has 0 aromatic rings. The zero-order valence-electron chi connectivity index (χ0n) is 8.12. The number of aliphatic carboxylic acids is 2. The highest BCUT2D eigenvalue weighted by Gasteiger charge is 2.36. The summed E-state index contributed by atoms with van der Waals surface area (Å²) in [6.45, 7) is 0.620. The molecular weight excluding hydrogens is 240 g/mol. The molecule has 0 spiro atoms. The molecule has 1 rings (SSSR count). The summed E-state index contributed by atoms with van der Waals surface area (Å²) in [5.74, 6) is -2.10. The molecule has 0 saturated carbocycles. The molecule has 1 aliphatic rings. The molecule has 0 radical (unpaired) electrons. The Morgan fingerprint density at radius 1 is 1.25 bits per heavy atom. The van der Waals surface area contributed by atoms with Crippen LogP contribution in [0.15, 0.2) is 12.2 Å². The molecular formula is C8H10O7S. The van der Waals surface area contributed by atoms with E-state index in [2.05, 4.69) is 0 Å². The topological polar surface area (TPSA) is 124 Å². The van der Waals surface area contributed by atoms with Crippen LogP contribution in [0.2, 0.25) is 0 Å². The van der Waals surface area contributed by atoms with Crippen LogP contribution in [-0.2, 0) is 24.9 Å². The Balaban J connectivity index is 0.000000281. The van der Waals surface area contributed by atoms with Crippen LogP contribution in [0, 0.1) is 0 Å². The minimum Gasteiger partial charge on any atom is -0.545 e. The van der Waals surface area contributed by atoms with E-state index >= 15 is 0 Å². The zero-order chi connectivity index (χ0) is 12.6. The highest BCUT2D eigenvalue weighted by atomic mass is 32.2. The van der Waals surface area contributed by atoms with Gasteiger partial charge in [-0.25, -0.2) is 4.79 Å². The van der Waals surface area contributed by atoms with Crippen molar-refractivity contribution in [2.45, 2.75) is 6.42 Å². The van der Waals surface area contributed by atoms with E-state index in [1.54, 1.807) is 0 Å². The largest absolute Gasteiger partial charge is 0.558 e. The molecule has 0 aromatic carbocycles. The van der Waals surface area contributed by atoms with Gasteiger partial charge in [0.25, 0.3) is 11.2 Å². The van der Waals surface area contributed by atoms with Crippen molar-refractivity contribution < 1.29 is 33.9 Å². The number of carboxylic acid groups (broad SMARTS) is 3. The van der Waals surface area contributed by atoms with Gasteiger partial charge in [0.15, 0.2) is 5.75 Å². The Bertz CT molecular complexity index is 277. The van der Waals surface area contributed by atoms with Crippen molar-refractivity contribution in [3.05, 3.63) is 12.2 Å². The molecule has 1 unspecified atom stereocenters. The van der Waals surface area contributed by atoms with Crippen molar-refractivity contribution >= 4 is 28.4 Å². The van der Waals surface area contributed by atoms with Crippen molar-refractivity contribution in [2.24, 2.45) is 0 Å². The van der Waals surface area contributed by atoms with Crippen molar-refractivity contribution in [1.82, 2.24) is 0 Å².